The van der Waals surface area contributed by atoms with Crippen molar-refractivity contribution in [3.63, 3.8) is 0 Å². The van der Waals surface area contributed by atoms with Crippen LogP contribution >= 0.6 is 11.6 Å². The number of aliphatic carboxylic acids is 1. The van der Waals surface area contributed by atoms with Crippen molar-refractivity contribution in [2.75, 3.05) is 0 Å². The SMILES string of the molecule is O=C(NC(C(=O)O)c1c(F)cccc1Cl)C1CC1. The average molecular weight is 272 g/mol. The van der Waals surface area contributed by atoms with Gasteiger partial charge in [0.2, 0.25) is 5.91 Å². The van der Waals surface area contributed by atoms with Crippen LogP contribution in [0.2, 0.25) is 5.02 Å². The second-order valence-corrected chi connectivity index (χ2v) is 4.60. The molecule has 1 aromatic carbocycles. The first-order valence-corrected chi connectivity index (χ1v) is 5.85. The number of rotatable bonds is 4. The Morgan fingerprint density at radius 3 is 2.61 bits per heavy atom. The third-order valence-corrected chi connectivity index (χ3v) is 3.10. The van der Waals surface area contributed by atoms with Crippen molar-refractivity contribution in [3.05, 3.63) is 34.6 Å². The first-order chi connectivity index (χ1) is 8.50. The van der Waals surface area contributed by atoms with E-state index >= 15 is 0 Å². The summed E-state index contributed by atoms with van der Waals surface area (Å²) in [6.45, 7) is 0. The number of halogens is 2. The van der Waals surface area contributed by atoms with Crippen molar-refractivity contribution in [1.29, 1.82) is 0 Å². The molecule has 6 heteroatoms. The number of carboxylic acid groups (broad SMARTS) is 1. The number of nitrogens with one attached hydrogen (secondary N) is 1. The largest absolute Gasteiger partial charge is 0.479 e. The lowest BCUT2D eigenvalue weighted by Crippen LogP contribution is -2.35. The molecule has 2 rings (SSSR count). The molecule has 1 saturated carbocycles. The normalized spacial score (nSPS) is 16.1. The third kappa shape index (κ3) is 2.61. The molecule has 1 unspecified atom stereocenters. The van der Waals surface area contributed by atoms with Gasteiger partial charge in [0.05, 0.1) is 0 Å². The Morgan fingerprint density at radius 2 is 2.11 bits per heavy atom. The molecule has 0 spiro atoms. The molecule has 0 radical (unpaired) electrons. The van der Waals surface area contributed by atoms with Gasteiger partial charge in [-0.1, -0.05) is 17.7 Å². The minimum Gasteiger partial charge on any atom is -0.479 e. The summed E-state index contributed by atoms with van der Waals surface area (Å²) in [6.07, 6.45) is 1.48. The van der Waals surface area contributed by atoms with Crippen molar-refractivity contribution in [2.45, 2.75) is 18.9 Å². The van der Waals surface area contributed by atoms with E-state index in [-0.39, 0.29) is 22.4 Å². The lowest BCUT2D eigenvalue weighted by molar-refractivity contribution is -0.142. The van der Waals surface area contributed by atoms with E-state index in [0.717, 1.165) is 18.9 Å². The summed E-state index contributed by atoms with van der Waals surface area (Å²) in [5, 5.41) is 11.4. The number of carbonyl (C=O) groups excluding carboxylic acids is 1. The van der Waals surface area contributed by atoms with Gasteiger partial charge < -0.3 is 10.4 Å². The van der Waals surface area contributed by atoms with Crippen LogP contribution in [0.5, 0.6) is 0 Å². The molecule has 1 aliphatic carbocycles. The van der Waals surface area contributed by atoms with Crippen molar-refractivity contribution in [2.24, 2.45) is 5.92 Å². The monoisotopic (exact) mass is 271 g/mol. The highest BCUT2D eigenvalue weighted by molar-refractivity contribution is 6.31. The lowest BCUT2D eigenvalue weighted by Gasteiger charge is -2.16. The summed E-state index contributed by atoms with van der Waals surface area (Å²) in [5.41, 5.74) is -0.208. The molecule has 18 heavy (non-hydrogen) atoms. The summed E-state index contributed by atoms with van der Waals surface area (Å²) >= 11 is 5.79. The summed E-state index contributed by atoms with van der Waals surface area (Å²) < 4.78 is 13.6. The zero-order chi connectivity index (χ0) is 13.3. The van der Waals surface area contributed by atoms with Gasteiger partial charge in [0.25, 0.3) is 0 Å². The van der Waals surface area contributed by atoms with Gasteiger partial charge in [0.1, 0.15) is 5.82 Å². The molecule has 1 aliphatic rings. The van der Waals surface area contributed by atoms with Gasteiger partial charge in [0.15, 0.2) is 6.04 Å². The average Bonchev–Trinajstić information content (AvgIpc) is 3.10. The first kappa shape index (κ1) is 12.8. The highest BCUT2D eigenvalue weighted by Gasteiger charge is 2.34. The Labute approximate surface area is 108 Å². The van der Waals surface area contributed by atoms with E-state index in [4.69, 9.17) is 16.7 Å². The fourth-order valence-corrected chi connectivity index (χ4v) is 1.92. The Hall–Kier alpha value is -1.62. The van der Waals surface area contributed by atoms with Crippen LogP contribution in [0.1, 0.15) is 24.4 Å². The van der Waals surface area contributed by atoms with E-state index < -0.39 is 17.8 Å². The fourth-order valence-electron chi connectivity index (χ4n) is 1.65. The van der Waals surface area contributed by atoms with Crippen LogP contribution in [0.4, 0.5) is 4.39 Å². The number of hydrogen-bond donors (Lipinski definition) is 2. The van der Waals surface area contributed by atoms with E-state index in [0.29, 0.717) is 0 Å². The van der Waals surface area contributed by atoms with Crippen LogP contribution in [0.25, 0.3) is 0 Å². The highest BCUT2D eigenvalue weighted by Crippen LogP contribution is 2.31. The van der Waals surface area contributed by atoms with Gasteiger partial charge in [0, 0.05) is 16.5 Å². The minimum absolute atomic E-state index is 0.0153. The van der Waals surface area contributed by atoms with E-state index in [2.05, 4.69) is 5.32 Å². The highest BCUT2D eigenvalue weighted by atomic mass is 35.5. The maximum Gasteiger partial charge on any atom is 0.331 e. The molecule has 4 nitrogen and oxygen atoms in total. The van der Waals surface area contributed by atoms with Gasteiger partial charge in [-0.25, -0.2) is 9.18 Å². The topological polar surface area (TPSA) is 66.4 Å². The van der Waals surface area contributed by atoms with Crippen LogP contribution in [0.15, 0.2) is 18.2 Å². The molecule has 0 aliphatic heterocycles. The van der Waals surface area contributed by atoms with Crippen LogP contribution in [0.3, 0.4) is 0 Å². The van der Waals surface area contributed by atoms with Crippen LogP contribution < -0.4 is 5.32 Å². The maximum absolute atomic E-state index is 13.6. The fraction of sp³-hybridized carbons (Fsp3) is 0.333. The molecular formula is C12H11ClFNO3. The molecule has 1 fully saturated rings. The summed E-state index contributed by atoms with van der Waals surface area (Å²) in [7, 11) is 0. The van der Waals surface area contributed by atoms with Crippen molar-refractivity contribution in [3.8, 4) is 0 Å². The zero-order valence-electron chi connectivity index (χ0n) is 9.32. The van der Waals surface area contributed by atoms with Gasteiger partial charge >= 0.3 is 5.97 Å². The van der Waals surface area contributed by atoms with Gasteiger partial charge in [-0.2, -0.15) is 0 Å². The molecule has 1 aromatic rings. The predicted octanol–water partition coefficient (Wildman–Crippen LogP) is 2.13. The molecular weight excluding hydrogens is 261 g/mol. The van der Waals surface area contributed by atoms with Crippen molar-refractivity contribution >= 4 is 23.5 Å². The predicted molar refractivity (Wildman–Crippen MR) is 62.7 cm³/mol. The zero-order valence-corrected chi connectivity index (χ0v) is 10.1. The van der Waals surface area contributed by atoms with Gasteiger partial charge in [-0.05, 0) is 25.0 Å². The molecule has 2 N–H and O–H groups in total. The van der Waals surface area contributed by atoms with E-state index in [9.17, 15) is 14.0 Å². The Morgan fingerprint density at radius 1 is 1.44 bits per heavy atom. The molecule has 0 bridgehead atoms. The number of carbonyl (C=O) groups is 2. The minimum atomic E-state index is -1.45. The Kier molecular flexibility index (Phi) is 3.52. The van der Waals surface area contributed by atoms with Crippen molar-refractivity contribution < 1.29 is 19.1 Å². The number of carboxylic acids is 1. The van der Waals surface area contributed by atoms with Gasteiger partial charge in [-0.3, -0.25) is 4.79 Å². The molecule has 0 aromatic heterocycles. The second kappa shape index (κ2) is 4.94. The Bertz CT molecular complexity index is 482. The summed E-state index contributed by atoms with van der Waals surface area (Å²) in [5.74, 6) is -2.61. The lowest BCUT2D eigenvalue weighted by atomic mass is 10.1. The van der Waals surface area contributed by atoms with Crippen LogP contribution in [0, 0.1) is 11.7 Å². The first-order valence-electron chi connectivity index (χ1n) is 5.48. The number of benzene rings is 1. The van der Waals surface area contributed by atoms with Crippen LogP contribution in [-0.2, 0) is 9.59 Å². The smallest absolute Gasteiger partial charge is 0.331 e. The standard InChI is InChI=1S/C12H11ClFNO3/c13-7-2-1-3-8(14)9(7)10(12(17)18)15-11(16)6-4-5-6/h1-3,6,10H,4-5H2,(H,15,16)(H,17,18). The molecule has 0 heterocycles. The Balaban J connectivity index is 2.29. The number of amides is 1. The maximum atomic E-state index is 13.6. The van der Waals surface area contributed by atoms with Gasteiger partial charge in [-0.15, -0.1) is 0 Å². The van der Waals surface area contributed by atoms with E-state index in [1.165, 1.54) is 12.1 Å². The molecule has 1 amide bonds. The van der Waals surface area contributed by atoms with E-state index in [1.807, 2.05) is 0 Å². The molecule has 1 atom stereocenters. The van der Waals surface area contributed by atoms with E-state index in [1.54, 1.807) is 0 Å². The molecule has 96 valence electrons. The number of hydrogen-bond acceptors (Lipinski definition) is 2. The molecule has 0 saturated heterocycles. The summed E-state index contributed by atoms with van der Waals surface area (Å²) in [4.78, 5) is 22.7. The summed E-state index contributed by atoms with van der Waals surface area (Å²) in [6, 6.07) is 2.43. The van der Waals surface area contributed by atoms with Crippen LogP contribution in [-0.4, -0.2) is 17.0 Å². The van der Waals surface area contributed by atoms with Crippen molar-refractivity contribution in [1.82, 2.24) is 5.32 Å². The quantitative estimate of drug-likeness (QED) is 0.882. The second-order valence-electron chi connectivity index (χ2n) is 4.19. The third-order valence-electron chi connectivity index (χ3n) is 2.77.